The van der Waals surface area contributed by atoms with Gasteiger partial charge in [0.2, 0.25) is 0 Å². The Balaban J connectivity index is 1.52. The van der Waals surface area contributed by atoms with Crippen molar-refractivity contribution in [2.75, 3.05) is 5.32 Å². The van der Waals surface area contributed by atoms with Crippen LogP contribution in [0.3, 0.4) is 0 Å². The number of carbonyl (C=O) groups excluding carboxylic acids is 1. The molecule has 162 valence electrons. The summed E-state index contributed by atoms with van der Waals surface area (Å²) in [6.45, 7) is 2.07. The molecule has 0 radical (unpaired) electrons. The van der Waals surface area contributed by atoms with Crippen LogP contribution in [-0.4, -0.2) is 15.5 Å². The summed E-state index contributed by atoms with van der Waals surface area (Å²) in [4.78, 5) is 16.4. The summed E-state index contributed by atoms with van der Waals surface area (Å²) in [5.41, 5.74) is 4.40. The minimum absolute atomic E-state index is 0.0672. The first-order valence-electron chi connectivity index (χ1n) is 10.9. The van der Waals surface area contributed by atoms with Gasteiger partial charge in [-0.3, -0.25) is 9.78 Å². The largest absolute Gasteiger partial charge is 0.449 e. The number of benzene rings is 1. The summed E-state index contributed by atoms with van der Waals surface area (Å²) < 4.78 is 22.2. The quantitative estimate of drug-likeness (QED) is 0.388. The molecule has 5 rings (SSSR count). The van der Waals surface area contributed by atoms with Gasteiger partial charge in [-0.05, 0) is 49.6 Å². The van der Waals surface area contributed by atoms with Gasteiger partial charge in [-0.1, -0.05) is 42.7 Å². The predicted molar refractivity (Wildman–Crippen MR) is 122 cm³/mol. The summed E-state index contributed by atoms with van der Waals surface area (Å²) in [5.74, 6) is -0.343. The normalized spacial score (nSPS) is 14.1. The number of pyridine rings is 1. The van der Waals surface area contributed by atoms with Gasteiger partial charge in [0.15, 0.2) is 17.3 Å². The molecule has 0 bridgehead atoms. The van der Waals surface area contributed by atoms with Gasteiger partial charge in [-0.2, -0.15) is 0 Å². The van der Waals surface area contributed by atoms with Crippen LogP contribution >= 0.6 is 0 Å². The van der Waals surface area contributed by atoms with Gasteiger partial charge in [0.25, 0.3) is 5.91 Å². The number of hydrogen-bond acceptors (Lipinski definition) is 3. The van der Waals surface area contributed by atoms with E-state index in [0.29, 0.717) is 11.8 Å². The fourth-order valence-corrected chi connectivity index (χ4v) is 4.41. The van der Waals surface area contributed by atoms with Crippen molar-refractivity contribution in [2.24, 2.45) is 0 Å². The molecule has 5 nitrogen and oxygen atoms in total. The fraction of sp³-hybridized carbons (Fsp3) is 0.231. The Morgan fingerprint density at radius 1 is 1.09 bits per heavy atom. The van der Waals surface area contributed by atoms with Gasteiger partial charge >= 0.3 is 0 Å². The fourth-order valence-electron chi connectivity index (χ4n) is 4.41. The van der Waals surface area contributed by atoms with E-state index in [2.05, 4.69) is 58.3 Å². The molecular weight excluding hydrogens is 405 g/mol. The van der Waals surface area contributed by atoms with Crippen molar-refractivity contribution in [3.8, 4) is 22.6 Å². The Morgan fingerprint density at radius 2 is 1.88 bits per heavy atom. The van der Waals surface area contributed by atoms with Crippen molar-refractivity contribution in [3.05, 3.63) is 84.3 Å². The van der Waals surface area contributed by atoms with Crippen LogP contribution in [0.1, 0.15) is 47.8 Å². The minimum Gasteiger partial charge on any atom is -0.449 e. The second kappa shape index (κ2) is 8.46. The highest BCUT2D eigenvalue weighted by molar-refractivity contribution is 6.02. The Kier molecular flexibility index (Phi) is 5.35. The van der Waals surface area contributed by atoms with E-state index in [1.165, 1.54) is 30.7 Å². The zero-order valence-corrected chi connectivity index (χ0v) is 17.8. The van der Waals surface area contributed by atoms with Crippen molar-refractivity contribution >= 4 is 11.6 Å². The monoisotopic (exact) mass is 429 g/mol. The summed E-state index contributed by atoms with van der Waals surface area (Å²) in [6.07, 6.45) is 9.29. The maximum Gasteiger partial charge on any atom is 0.291 e. The summed E-state index contributed by atoms with van der Waals surface area (Å²) in [7, 11) is 0. The second-order valence-corrected chi connectivity index (χ2v) is 8.26. The number of hydrogen-bond donors (Lipinski definition) is 1. The summed E-state index contributed by atoms with van der Waals surface area (Å²) in [6, 6.07) is 15.8. The molecule has 1 aromatic carbocycles. The Hall–Kier alpha value is -3.67. The molecule has 4 aromatic rings. The molecule has 0 aliphatic heterocycles. The summed E-state index contributed by atoms with van der Waals surface area (Å²) in [5, 5.41) is 2.55. The van der Waals surface area contributed by atoms with Crippen LogP contribution in [0.4, 0.5) is 10.1 Å². The van der Waals surface area contributed by atoms with E-state index < -0.39 is 11.7 Å². The highest BCUT2D eigenvalue weighted by atomic mass is 19.1. The molecule has 6 heteroatoms. The van der Waals surface area contributed by atoms with E-state index >= 15 is 0 Å². The Morgan fingerprint density at radius 3 is 2.62 bits per heavy atom. The Bertz CT molecular complexity index is 1250. The third-order valence-corrected chi connectivity index (χ3v) is 6.08. The molecule has 1 aliphatic carbocycles. The van der Waals surface area contributed by atoms with Gasteiger partial charge in [0, 0.05) is 24.0 Å². The molecule has 3 heterocycles. The van der Waals surface area contributed by atoms with E-state index in [1.54, 1.807) is 6.07 Å². The smallest absolute Gasteiger partial charge is 0.291 e. The number of anilines is 1. The first kappa shape index (κ1) is 20.2. The highest BCUT2D eigenvalue weighted by Crippen LogP contribution is 2.40. The lowest BCUT2D eigenvalue weighted by atomic mass is 10.0. The van der Waals surface area contributed by atoms with Gasteiger partial charge in [-0.25, -0.2) is 4.39 Å². The molecule has 3 aromatic heterocycles. The average Bonchev–Trinajstić information content (AvgIpc) is 3.55. The van der Waals surface area contributed by atoms with Gasteiger partial charge in [0.1, 0.15) is 0 Å². The van der Waals surface area contributed by atoms with Crippen LogP contribution in [0.2, 0.25) is 0 Å². The van der Waals surface area contributed by atoms with Crippen molar-refractivity contribution < 1.29 is 13.6 Å². The minimum atomic E-state index is -0.593. The Labute approximate surface area is 185 Å². The van der Waals surface area contributed by atoms with Gasteiger partial charge in [-0.15, -0.1) is 0 Å². The first-order valence-corrected chi connectivity index (χ1v) is 10.9. The molecule has 0 saturated heterocycles. The maximum atomic E-state index is 13.9. The molecule has 0 atom stereocenters. The van der Waals surface area contributed by atoms with E-state index in [0.717, 1.165) is 35.9 Å². The van der Waals surface area contributed by atoms with Crippen LogP contribution in [-0.2, 0) is 0 Å². The number of halogens is 1. The van der Waals surface area contributed by atoms with Crippen molar-refractivity contribution in [1.29, 1.82) is 0 Å². The molecule has 1 fully saturated rings. The van der Waals surface area contributed by atoms with E-state index in [9.17, 15) is 9.18 Å². The molecule has 32 heavy (non-hydrogen) atoms. The van der Waals surface area contributed by atoms with Crippen LogP contribution in [0.25, 0.3) is 22.6 Å². The van der Waals surface area contributed by atoms with Gasteiger partial charge < -0.3 is 14.3 Å². The molecule has 1 N–H and O–H groups in total. The van der Waals surface area contributed by atoms with Gasteiger partial charge in [0.05, 0.1) is 17.6 Å². The summed E-state index contributed by atoms with van der Waals surface area (Å²) >= 11 is 0. The average molecular weight is 429 g/mol. The standard InChI is InChI=1S/C26H24FN3O2/c1-17-6-8-18(9-7-17)20-13-15-30(19-4-2-3-5-19)25(20)23-10-11-24(32-23)26(31)29-22-12-14-28-16-21(22)27/h6-16,19H,2-5H2,1H3,(H,28,29,31). The lowest BCUT2D eigenvalue weighted by molar-refractivity contribution is 0.0997. The van der Waals surface area contributed by atoms with Crippen LogP contribution in [0, 0.1) is 12.7 Å². The zero-order valence-electron chi connectivity index (χ0n) is 17.8. The third kappa shape index (κ3) is 3.84. The van der Waals surface area contributed by atoms with E-state index in [4.69, 9.17) is 4.42 Å². The highest BCUT2D eigenvalue weighted by Gasteiger charge is 2.25. The van der Waals surface area contributed by atoms with Crippen LogP contribution < -0.4 is 5.32 Å². The molecule has 1 saturated carbocycles. The first-order chi connectivity index (χ1) is 15.6. The number of nitrogens with zero attached hydrogens (tertiary/aromatic N) is 2. The second-order valence-electron chi connectivity index (χ2n) is 8.26. The van der Waals surface area contributed by atoms with Crippen molar-refractivity contribution in [2.45, 2.75) is 38.6 Å². The SMILES string of the molecule is Cc1ccc(-c2ccn(C3CCCC3)c2-c2ccc(C(=O)Nc3ccncc3F)o2)cc1. The van der Waals surface area contributed by atoms with Crippen LogP contribution in [0.5, 0.6) is 0 Å². The van der Waals surface area contributed by atoms with Crippen molar-refractivity contribution in [3.63, 3.8) is 0 Å². The topological polar surface area (TPSA) is 60.1 Å². The molecule has 1 amide bonds. The zero-order chi connectivity index (χ0) is 22.1. The van der Waals surface area contributed by atoms with Crippen molar-refractivity contribution in [1.82, 2.24) is 9.55 Å². The number of furan rings is 1. The van der Waals surface area contributed by atoms with Crippen LogP contribution in [0.15, 0.2) is 71.5 Å². The lowest BCUT2D eigenvalue weighted by Gasteiger charge is -2.16. The predicted octanol–water partition coefficient (Wildman–Crippen LogP) is 6.63. The number of aryl methyl sites for hydroxylation is 1. The van der Waals surface area contributed by atoms with E-state index in [1.807, 2.05) is 6.07 Å². The third-order valence-electron chi connectivity index (χ3n) is 6.08. The number of nitrogens with one attached hydrogen (secondary N) is 1. The molecular formula is C26H24FN3O2. The molecule has 0 spiro atoms. The number of aromatic nitrogens is 2. The number of carbonyl (C=O) groups is 1. The lowest BCUT2D eigenvalue weighted by Crippen LogP contribution is -2.12. The molecule has 0 unspecified atom stereocenters. The number of amides is 1. The molecule has 1 aliphatic rings. The maximum absolute atomic E-state index is 13.9. The number of rotatable bonds is 5. The van der Waals surface area contributed by atoms with E-state index in [-0.39, 0.29) is 11.4 Å².